The Morgan fingerprint density at radius 1 is 0.354 bits per heavy atom. The summed E-state index contributed by atoms with van der Waals surface area (Å²) in [5, 5.41) is 4.39. The van der Waals surface area contributed by atoms with Gasteiger partial charge in [-0.3, -0.25) is 9.97 Å². The summed E-state index contributed by atoms with van der Waals surface area (Å²) in [6.07, 6.45) is 3.82. The first-order valence-corrected chi connectivity index (χ1v) is 15.9. The number of pyridine rings is 2. The Kier molecular flexibility index (Phi) is 6.72. The van der Waals surface area contributed by atoms with E-state index < -0.39 is 0 Å². The predicted octanol–water partition coefficient (Wildman–Crippen LogP) is 10.5. The maximum atomic E-state index is 5.04. The Balaban J connectivity index is 1.11. The lowest BCUT2D eigenvalue weighted by molar-refractivity contribution is 1.07. The van der Waals surface area contributed by atoms with Crippen LogP contribution in [0.3, 0.4) is 0 Å². The van der Waals surface area contributed by atoms with Crippen molar-refractivity contribution in [2.45, 2.75) is 0 Å². The zero-order valence-corrected chi connectivity index (χ0v) is 25.8. The van der Waals surface area contributed by atoms with E-state index in [1.165, 1.54) is 11.1 Å². The van der Waals surface area contributed by atoms with E-state index in [1.807, 2.05) is 85.2 Å². The molecule has 224 valence electrons. The number of nitrogens with zero attached hydrogens (tertiary/aromatic N) is 5. The first-order chi connectivity index (χ1) is 23.8. The molecular formula is C43H27N5. The summed E-state index contributed by atoms with van der Waals surface area (Å²) in [4.78, 5) is 24.5. The van der Waals surface area contributed by atoms with Gasteiger partial charge in [0.2, 0.25) is 0 Å². The van der Waals surface area contributed by atoms with Crippen LogP contribution in [0.2, 0.25) is 0 Å². The van der Waals surface area contributed by atoms with E-state index in [2.05, 4.69) is 78.9 Å². The SMILES string of the molecule is c1ccc(-c2nc(-c3ccccc3)nc(-c3ccc(-c4cnc5c(ccc6cc(-c7ccccc7)c7cccnc7c65)c4)cc3)n2)cc1. The van der Waals surface area contributed by atoms with E-state index >= 15 is 0 Å². The zero-order valence-electron chi connectivity index (χ0n) is 25.8. The summed E-state index contributed by atoms with van der Waals surface area (Å²) in [6, 6.07) is 51.9. The topological polar surface area (TPSA) is 64.5 Å². The fourth-order valence-corrected chi connectivity index (χ4v) is 6.41. The third kappa shape index (κ3) is 4.95. The van der Waals surface area contributed by atoms with Gasteiger partial charge < -0.3 is 0 Å². The number of benzene rings is 6. The van der Waals surface area contributed by atoms with Crippen molar-refractivity contribution in [1.29, 1.82) is 0 Å². The second-order valence-corrected chi connectivity index (χ2v) is 11.8. The van der Waals surface area contributed by atoms with Gasteiger partial charge >= 0.3 is 0 Å². The van der Waals surface area contributed by atoms with E-state index in [0.29, 0.717) is 17.5 Å². The molecule has 0 atom stereocenters. The standard InChI is InChI=1S/C43H27N5/c1-4-11-29(12-5-1)37-26-33-22-23-34-25-35(27-45-39(34)38(33)40-36(37)17-10-24-44-40)28-18-20-32(21-19-28)43-47-41(30-13-6-2-7-14-30)46-42(48-43)31-15-8-3-9-16-31/h1-27H. The molecule has 0 unspecified atom stereocenters. The van der Waals surface area contributed by atoms with Crippen LogP contribution in [0.15, 0.2) is 164 Å². The molecule has 0 radical (unpaired) electrons. The zero-order chi connectivity index (χ0) is 31.9. The van der Waals surface area contributed by atoms with E-state index in [0.717, 1.165) is 60.4 Å². The van der Waals surface area contributed by atoms with Gasteiger partial charge in [0.05, 0.1) is 11.0 Å². The van der Waals surface area contributed by atoms with Crippen molar-refractivity contribution in [3.8, 4) is 56.4 Å². The Labute approximate surface area is 277 Å². The molecule has 9 aromatic rings. The molecule has 5 nitrogen and oxygen atoms in total. The maximum absolute atomic E-state index is 5.04. The van der Waals surface area contributed by atoms with Crippen molar-refractivity contribution in [3.05, 3.63) is 164 Å². The van der Waals surface area contributed by atoms with Gasteiger partial charge in [0.1, 0.15) is 0 Å². The van der Waals surface area contributed by atoms with Gasteiger partial charge in [-0.25, -0.2) is 15.0 Å². The van der Waals surface area contributed by atoms with Gasteiger partial charge in [-0.2, -0.15) is 0 Å². The average molecular weight is 614 g/mol. The van der Waals surface area contributed by atoms with E-state index in [4.69, 9.17) is 24.9 Å². The highest BCUT2D eigenvalue weighted by atomic mass is 15.0. The molecule has 0 N–H and O–H groups in total. The highest BCUT2D eigenvalue weighted by molar-refractivity contribution is 6.21. The van der Waals surface area contributed by atoms with Gasteiger partial charge in [-0.15, -0.1) is 0 Å². The van der Waals surface area contributed by atoms with Gasteiger partial charge in [-0.1, -0.05) is 133 Å². The molecule has 0 aliphatic heterocycles. The van der Waals surface area contributed by atoms with Crippen LogP contribution < -0.4 is 0 Å². The molecule has 0 amide bonds. The van der Waals surface area contributed by atoms with Crippen LogP contribution in [0, 0.1) is 0 Å². The number of rotatable bonds is 5. The van der Waals surface area contributed by atoms with Crippen LogP contribution in [0.4, 0.5) is 0 Å². The summed E-state index contributed by atoms with van der Waals surface area (Å²) in [7, 11) is 0. The minimum Gasteiger partial charge on any atom is -0.256 e. The lowest BCUT2D eigenvalue weighted by Gasteiger charge is -2.13. The Morgan fingerprint density at radius 3 is 1.52 bits per heavy atom. The van der Waals surface area contributed by atoms with Crippen molar-refractivity contribution < 1.29 is 0 Å². The second-order valence-electron chi connectivity index (χ2n) is 11.8. The number of hydrogen-bond donors (Lipinski definition) is 0. The number of hydrogen-bond acceptors (Lipinski definition) is 5. The number of fused-ring (bicyclic) bond motifs is 5. The monoisotopic (exact) mass is 613 g/mol. The quantitative estimate of drug-likeness (QED) is 0.181. The third-order valence-electron chi connectivity index (χ3n) is 8.78. The van der Waals surface area contributed by atoms with Gasteiger partial charge in [0.25, 0.3) is 0 Å². The summed E-state index contributed by atoms with van der Waals surface area (Å²) in [5.41, 5.74) is 9.18. The van der Waals surface area contributed by atoms with Crippen molar-refractivity contribution in [3.63, 3.8) is 0 Å². The normalized spacial score (nSPS) is 11.3. The highest BCUT2D eigenvalue weighted by Crippen LogP contribution is 2.37. The maximum Gasteiger partial charge on any atom is 0.164 e. The van der Waals surface area contributed by atoms with Crippen molar-refractivity contribution in [2.75, 3.05) is 0 Å². The first kappa shape index (κ1) is 27.7. The molecule has 9 rings (SSSR count). The summed E-state index contributed by atoms with van der Waals surface area (Å²) >= 11 is 0. The molecule has 0 saturated carbocycles. The third-order valence-corrected chi connectivity index (χ3v) is 8.78. The minimum absolute atomic E-state index is 0.631. The average Bonchev–Trinajstić information content (AvgIpc) is 3.18. The van der Waals surface area contributed by atoms with Crippen molar-refractivity contribution >= 4 is 32.6 Å². The Morgan fingerprint density at radius 2 is 0.896 bits per heavy atom. The minimum atomic E-state index is 0.631. The fraction of sp³-hybridized carbons (Fsp3) is 0. The lowest BCUT2D eigenvalue weighted by Crippen LogP contribution is -2.00. The molecule has 0 saturated heterocycles. The summed E-state index contributed by atoms with van der Waals surface area (Å²) < 4.78 is 0. The molecular weight excluding hydrogens is 587 g/mol. The molecule has 0 spiro atoms. The van der Waals surface area contributed by atoms with E-state index in [9.17, 15) is 0 Å². The molecule has 0 aliphatic carbocycles. The Bertz CT molecular complexity index is 2530. The summed E-state index contributed by atoms with van der Waals surface area (Å²) in [6.45, 7) is 0. The fourth-order valence-electron chi connectivity index (χ4n) is 6.41. The highest BCUT2D eigenvalue weighted by Gasteiger charge is 2.15. The van der Waals surface area contributed by atoms with Crippen molar-refractivity contribution in [2.24, 2.45) is 0 Å². The first-order valence-electron chi connectivity index (χ1n) is 15.9. The van der Waals surface area contributed by atoms with E-state index in [-0.39, 0.29) is 0 Å². The molecule has 0 fully saturated rings. The summed E-state index contributed by atoms with van der Waals surface area (Å²) in [5.74, 6) is 1.92. The molecule has 6 aromatic carbocycles. The van der Waals surface area contributed by atoms with Crippen LogP contribution in [0.1, 0.15) is 0 Å². The van der Waals surface area contributed by atoms with Crippen molar-refractivity contribution in [1.82, 2.24) is 24.9 Å². The van der Waals surface area contributed by atoms with Gasteiger partial charge in [0.15, 0.2) is 17.5 Å². The molecule has 3 aromatic heterocycles. The molecule has 0 aliphatic rings. The van der Waals surface area contributed by atoms with Crippen LogP contribution in [0.5, 0.6) is 0 Å². The number of aromatic nitrogens is 5. The van der Waals surface area contributed by atoms with Crippen LogP contribution in [-0.4, -0.2) is 24.9 Å². The molecule has 3 heterocycles. The largest absolute Gasteiger partial charge is 0.256 e. The lowest BCUT2D eigenvalue weighted by atomic mass is 9.94. The van der Waals surface area contributed by atoms with Crippen LogP contribution >= 0.6 is 0 Å². The van der Waals surface area contributed by atoms with Gasteiger partial charge in [0, 0.05) is 50.8 Å². The Hall–Kier alpha value is -6.59. The van der Waals surface area contributed by atoms with Crippen LogP contribution in [0.25, 0.3) is 89.0 Å². The van der Waals surface area contributed by atoms with Gasteiger partial charge in [-0.05, 0) is 40.3 Å². The van der Waals surface area contributed by atoms with E-state index in [1.54, 1.807) is 0 Å². The molecule has 0 bridgehead atoms. The predicted molar refractivity (Wildman–Crippen MR) is 195 cm³/mol. The van der Waals surface area contributed by atoms with Crippen LogP contribution in [-0.2, 0) is 0 Å². The second kappa shape index (κ2) is 11.6. The molecule has 48 heavy (non-hydrogen) atoms. The molecule has 5 heteroatoms. The smallest absolute Gasteiger partial charge is 0.164 e.